The maximum atomic E-state index is 5.87. The molecule has 0 fully saturated rings. The highest BCUT2D eigenvalue weighted by molar-refractivity contribution is 5.26. The van der Waals surface area contributed by atoms with Gasteiger partial charge < -0.3 is 10.1 Å². The van der Waals surface area contributed by atoms with Crippen LogP contribution >= 0.6 is 0 Å². The molecule has 102 valence electrons. The van der Waals surface area contributed by atoms with Crippen LogP contribution in [0.5, 0.6) is 0 Å². The minimum Gasteiger partial charge on any atom is -0.377 e. The zero-order valence-electron chi connectivity index (χ0n) is 12.1. The van der Waals surface area contributed by atoms with Gasteiger partial charge >= 0.3 is 0 Å². The molecule has 0 saturated heterocycles. The number of aromatic nitrogens is 1. The Morgan fingerprint density at radius 2 is 2.11 bits per heavy atom. The molecule has 1 rings (SSSR count). The molecule has 3 nitrogen and oxygen atoms in total. The van der Waals surface area contributed by atoms with Gasteiger partial charge in [0.05, 0.1) is 12.1 Å². The zero-order valence-corrected chi connectivity index (χ0v) is 12.1. The van der Waals surface area contributed by atoms with Crippen molar-refractivity contribution in [2.75, 3.05) is 13.2 Å². The molecule has 0 saturated carbocycles. The van der Waals surface area contributed by atoms with E-state index in [0.29, 0.717) is 0 Å². The predicted molar refractivity (Wildman–Crippen MR) is 75.7 cm³/mol. The molecule has 0 aliphatic rings. The Morgan fingerprint density at radius 3 is 2.67 bits per heavy atom. The highest BCUT2D eigenvalue weighted by Crippen LogP contribution is 2.23. The Labute approximate surface area is 111 Å². The van der Waals surface area contributed by atoms with Gasteiger partial charge in [-0.05, 0) is 50.4 Å². The number of pyridine rings is 1. The summed E-state index contributed by atoms with van der Waals surface area (Å²) in [5.41, 5.74) is 2.53. The third kappa shape index (κ3) is 4.07. The van der Waals surface area contributed by atoms with E-state index in [9.17, 15) is 0 Å². The Bertz CT molecular complexity index is 341. The van der Waals surface area contributed by atoms with E-state index >= 15 is 0 Å². The SMILES string of the molecule is CCCNC(c1cnccc1C)C(CC)OCC. The van der Waals surface area contributed by atoms with Crippen LogP contribution in [0.15, 0.2) is 18.5 Å². The van der Waals surface area contributed by atoms with Gasteiger partial charge in [0.2, 0.25) is 0 Å². The molecule has 18 heavy (non-hydrogen) atoms. The van der Waals surface area contributed by atoms with Gasteiger partial charge in [-0.3, -0.25) is 4.98 Å². The second kappa shape index (κ2) is 8.22. The average Bonchev–Trinajstić information content (AvgIpc) is 2.39. The second-order valence-electron chi connectivity index (χ2n) is 4.57. The molecule has 1 aromatic rings. The number of hydrogen-bond acceptors (Lipinski definition) is 3. The number of rotatable bonds is 8. The largest absolute Gasteiger partial charge is 0.377 e. The summed E-state index contributed by atoms with van der Waals surface area (Å²) in [6.07, 6.45) is 6.15. The van der Waals surface area contributed by atoms with Crippen LogP contribution in [0.3, 0.4) is 0 Å². The number of ether oxygens (including phenoxy) is 1. The number of nitrogens with zero attached hydrogens (tertiary/aromatic N) is 1. The third-order valence-corrected chi connectivity index (χ3v) is 3.18. The zero-order chi connectivity index (χ0) is 13.4. The van der Waals surface area contributed by atoms with Crippen LogP contribution in [-0.4, -0.2) is 24.2 Å². The Morgan fingerprint density at radius 1 is 1.33 bits per heavy atom. The van der Waals surface area contributed by atoms with Crippen LogP contribution in [0.4, 0.5) is 0 Å². The summed E-state index contributed by atoms with van der Waals surface area (Å²) in [5, 5.41) is 3.60. The van der Waals surface area contributed by atoms with Crippen LogP contribution in [0.25, 0.3) is 0 Å². The second-order valence-corrected chi connectivity index (χ2v) is 4.57. The molecule has 1 heterocycles. The van der Waals surface area contributed by atoms with Gasteiger partial charge in [0.1, 0.15) is 0 Å². The Balaban J connectivity index is 2.92. The summed E-state index contributed by atoms with van der Waals surface area (Å²) in [6.45, 7) is 10.3. The monoisotopic (exact) mass is 250 g/mol. The van der Waals surface area contributed by atoms with Gasteiger partial charge in [0, 0.05) is 19.0 Å². The first-order valence-corrected chi connectivity index (χ1v) is 7.00. The van der Waals surface area contributed by atoms with Gasteiger partial charge in [0.15, 0.2) is 0 Å². The number of hydrogen-bond donors (Lipinski definition) is 1. The van der Waals surface area contributed by atoms with Crippen molar-refractivity contribution in [3.05, 3.63) is 29.6 Å². The van der Waals surface area contributed by atoms with E-state index in [2.05, 4.69) is 44.1 Å². The van der Waals surface area contributed by atoms with Crippen molar-refractivity contribution in [1.82, 2.24) is 10.3 Å². The van der Waals surface area contributed by atoms with Crippen molar-refractivity contribution < 1.29 is 4.74 Å². The lowest BCUT2D eigenvalue weighted by molar-refractivity contribution is 0.0312. The molecule has 0 amide bonds. The molecule has 3 heteroatoms. The van der Waals surface area contributed by atoms with E-state index < -0.39 is 0 Å². The molecule has 2 atom stereocenters. The predicted octanol–water partition coefficient (Wildman–Crippen LogP) is 3.25. The van der Waals surface area contributed by atoms with Gasteiger partial charge in [-0.25, -0.2) is 0 Å². The Kier molecular flexibility index (Phi) is 6.91. The van der Waals surface area contributed by atoms with Gasteiger partial charge in [-0.2, -0.15) is 0 Å². The lowest BCUT2D eigenvalue weighted by Gasteiger charge is -2.28. The van der Waals surface area contributed by atoms with Crippen LogP contribution in [-0.2, 0) is 4.74 Å². The molecule has 0 aliphatic carbocycles. The third-order valence-electron chi connectivity index (χ3n) is 3.18. The van der Waals surface area contributed by atoms with Crippen molar-refractivity contribution >= 4 is 0 Å². The van der Waals surface area contributed by atoms with E-state index in [1.807, 2.05) is 12.4 Å². The van der Waals surface area contributed by atoms with Crippen molar-refractivity contribution in [3.63, 3.8) is 0 Å². The summed E-state index contributed by atoms with van der Waals surface area (Å²) in [6, 6.07) is 2.30. The molecule has 0 radical (unpaired) electrons. The standard InChI is InChI=1S/C15H26N2O/c1-5-9-17-15(14(6-2)18-7-3)13-11-16-10-8-12(13)4/h8,10-11,14-15,17H,5-7,9H2,1-4H3. The lowest BCUT2D eigenvalue weighted by Crippen LogP contribution is -2.34. The van der Waals surface area contributed by atoms with Crippen molar-refractivity contribution in [1.29, 1.82) is 0 Å². The molecule has 0 aliphatic heterocycles. The van der Waals surface area contributed by atoms with Crippen molar-refractivity contribution in [3.8, 4) is 0 Å². The summed E-state index contributed by atoms with van der Waals surface area (Å²) < 4.78 is 5.87. The molecule has 1 aromatic heterocycles. The van der Waals surface area contributed by atoms with E-state index in [0.717, 1.165) is 26.0 Å². The fraction of sp³-hybridized carbons (Fsp3) is 0.667. The van der Waals surface area contributed by atoms with Gasteiger partial charge in [-0.15, -0.1) is 0 Å². The van der Waals surface area contributed by atoms with Gasteiger partial charge in [-0.1, -0.05) is 13.8 Å². The first kappa shape index (κ1) is 15.1. The average molecular weight is 250 g/mol. The molecule has 0 aromatic carbocycles. The van der Waals surface area contributed by atoms with Crippen LogP contribution in [0.1, 0.15) is 50.8 Å². The maximum absolute atomic E-state index is 5.87. The maximum Gasteiger partial charge on any atom is 0.0767 e. The van der Waals surface area contributed by atoms with Crippen molar-refractivity contribution in [2.24, 2.45) is 0 Å². The van der Waals surface area contributed by atoms with Crippen LogP contribution in [0, 0.1) is 6.92 Å². The van der Waals surface area contributed by atoms with E-state index in [1.165, 1.54) is 11.1 Å². The smallest absolute Gasteiger partial charge is 0.0767 e. The minimum atomic E-state index is 0.212. The topological polar surface area (TPSA) is 34.2 Å². The fourth-order valence-electron chi connectivity index (χ4n) is 2.21. The molecule has 0 spiro atoms. The Hall–Kier alpha value is -0.930. The highest BCUT2D eigenvalue weighted by Gasteiger charge is 2.23. The number of aryl methyl sites for hydroxylation is 1. The van der Waals surface area contributed by atoms with Gasteiger partial charge in [0.25, 0.3) is 0 Å². The summed E-state index contributed by atoms with van der Waals surface area (Å²) in [7, 11) is 0. The molecule has 0 bridgehead atoms. The minimum absolute atomic E-state index is 0.212. The molecule has 2 unspecified atom stereocenters. The number of nitrogens with one attached hydrogen (secondary N) is 1. The van der Waals surface area contributed by atoms with E-state index in [-0.39, 0.29) is 12.1 Å². The van der Waals surface area contributed by atoms with Crippen LogP contribution in [0.2, 0.25) is 0 Å². The first-order chi connectivity index (χ1) is 8.74. The van der Waals surface area contributed by atoms with E-state index in [4.69, 9.17) is 4.74 Å². The van der Waals surface area contributed by atoms with E-state index in [1.54, 1.807) is 0 Å². The lowest BCUT2D eigenvalue weighted by atomic mass is 9.97. The summed E-state index contributed by atoms with van der Waals surface area (Å²) in [5.74, 6) is 0. The normalized spacial score (nSPS) is 14.4. The molecular weight excluding hydrogens is 224 g/mol. The molecule has 1 N–H and O–H groups in total. The molecular formula is C15H26N2O. The van der Waals surface area contributed by atoms with Crippen LogP contribution < -0.4 is 5.32 Å². The quantitative estimate of drug-likeness (QED) is 0.769. The highest BCUT2D eigenvalue weighted by atomic mass is 16.5. The first-order valence-electron chi connectivity index (χ1n) is 7.00. The fourth-order valence-corrected chi connectivity index (χ4v) is 2.21. The van der Waals surface area contributed by atoms with Crippen molar-refractivity contribution in [2.45, 2.75) is 52.7 Å². The summed E-state index contributed by atoms with van der Waals surface area (Å²) in [4.78, 5) is 4.26. The summed E-state index contributed by atoms with van der Waals surface area (Å²) >= 11 is 0.